The molecule has 0 unspecified atom stereocenters. The first-order chi connectivity index (χ1) is 4.54. The summed E-state index contributed by atoms with van der Waals surface area (Å²) >= 11 is 0. The van der Waals surface area contributed by atoms with Gasteiger partial charge in [0.05, 0.1) is 11.9 Å². The van der Waals surface area contributed by atoms with Crippen LogP contribution in [-0.4, -0.2) is 25.0 Å². The van der Waals surface area contributed by atoms with Gasteiger partial charge in [0.2, 0.25) is 0 Å². The van der Waals surface area contributed by atoms with Gasteiger partial charge in [-0.2, -0.15) is 0 Å². The van der Waals surface area contributed by atoms with Crippen molar-refractivity contribution in [3.8, 4) is 0 Å². The molecule has 0 amide bonds. The molecule has 0 aliphatic heterocycles. The second-order valence-corrected chi connectivity index (χ2v) is 1.15. The van der Waals surface area contributed by atoms with Crippen molar-refractivity contribution in [3.63, 3.8) is 0 Å². The first kappa shape index (κ1) is 22.5. The molecule has 0 fully saturated rings. The van der Waals surface area contributed by atoms with Gasteiger partial charge in [-0.3, -0.25) is 0 Å². The molecule has 0 spiro atoms. The zero-order valence-corrected chi connectivity index (χ0v) is 9.58. The van der Waals surface area contributed by atoms with Gasteiger partial charge in [-0.1, -0.05) is 0 Å². The SMILES string of the molecule is N.NCC(=O)[O-].NCC(=O)[O-].[Zn+2]. The standard InChI is InChI=1S/2C2H5NO2.H3N.Zn/c2*3-1-2(4)5;;/h2*1,3H2,(H,4,5);1H3;/q;;;+2/p-2. The molecule has 0 saturated carbocycles. The molecular formula is C4H11N3O4Zn. The van der Waals surface area contributed by atoms with Crippen molar-refractivity contribution in [2.45, 2.75) is 0 Å². The second kappa shape index (κ2) is 16.8. The molecule has 68 valence electrons. The van der Waals surface area contributed by atoms with Gasteiger partial charge in [0.15, 0.2) is 0 Å². The fourth-order valence-corrected chi connectivity index (χ4v) is 0. The molecule has 12 heavy (non-hydrogen) atoms. The maximum absolute atomic E-state index is 9.13. The average molecular weight is 231 g/mol. The minimum atomic E-state index is -1.22. The number of carboxylic acids is 2. The van der Waals surface area contributed by atoms with Crippen LogP contribution in [0, 0.1) is 0 Å². The van der Waals surface area contributed by atoms with Gasteiger partial charge in [0.25, 0.3) is 0 Å². The molecular weight excluding hydrogens is 219 g/mol. The number of rotatable bonds is 2. The Bertz CT molecular complexity index is 107. The maximum atomic E-state index is 9.13. The van der Waals surface area contributed by atoms with Crippen molar-refractivity contribution in [3.05, 3.63) is 0 Å². The smallest absolute Gasteiger partial charge is 0.549 e. The van der Waals surface area contributed by atoms with Gasteiger partial charge in [-0.05, 0) is 0 Å². The van der Waals surface area contributed by atoms with Gasteiger partial charge in [-0.15, -0.1) is 0 Å². The third-order valence-electron chi connectivity index (χ3n) is 0.333. The molecule has 0 atom stereocenters. The monoisotopic (exact) mass is 229 g/mol. The van der Waals surface area contributed by atoms with Crippen LogP contribution in [0.5, 0.6) is 0 Å². The van der Waals surface area contributed by atoms with E-state index in [4.69, 9.17) is 19.8 Å². The van der Waals surface area contributed by atoms with Gasteiger partial charge in [0.1, 0.15) is 0 Å². The molecule has 0 rings (SSSR count). The molecule has 0 radical (unpaired) electrons. The van der Waals surface area contributed by atoms with E-state index in [0.717, 1.165) is 0 Å². The Hall–Kier alpha value is -0.557. The summed E-state index contributed by atoms with van der Waals surface area (Å²) < 4.78 is 0. The predicted octanol–water partition coefficient (Wildman–Crippen LogP) is -4.45. The summed E-state index contributed by atoms with van der Waals surface area (Å²) in [6.45, 7) is -0.778. The maximum Gasteiger partial charge on any atom is 2.00 e. The minimum absolute atomic E-state index is 0. The number of aliphatic carboxylic acids is 2. The molecule has 0 saturated heterocycles. The van der Waals surface area contributed by atoms with E-state index in [1.165, 1.54) is 0 Å². The summed E-state index contributed by atoms with van der Waals surface area (Å²) in [5, 5.41) is 18.3. The van der Waals surface area contributed by atoms with Crippen molar-refractivity contribution in [2.24, 2.45) is 11.5 Å². The fraction of sp³-hybridized carbons (Fsp3) is 0.500. The fourth-order valence-electron chi connectivity index (χ4n) is 0. The molecule has 7 nitrogen and oxygen atoms in total. The average Bonchev–Trinajstić information content (AvgIpc) is 1.89. The Morgan fingerprint density at radius 3 is 1.08 bits per heavy atom. The quantitative estimate of drug-likeness (QED) is 0.402. The number of carbonyl (C=O) groups excluding carboxylic acids is 2. The summed E-state index contributed by atoms with van der Waals surface area (Å²) in [6, 6.07) is 0. The number of hydrogen-bond acceptors (Lipinski definition) is 7. The molecule has 0 aromatic rings. The van der Waals surface area contributed by atoms with E-state index in [-0.39, 0.29) is 38.7 Å². The molecule has 0 aliphatic rings. The molecule has 0 aromatic carbocycles. The minimum Gasteiger partial charge on any atom is -0.549 e. The van der Waals surface area contributed by atoms with Crippen LogP contribution in [0.1, 0.15) is 0 Å². The van der Waals surface area contributed by atoms with Crippen molar-refractivity contribution >= 4 is 11.9 Å². The van der Waals surface area contributed by atoms with Crippen molar-refractivity contribution in [1.29, 1.82) is 0 Å². The van der Waals surface area contributed by atoms with E-state index < -0.39 is 11.9 Å². The summed E-state index contributed by atoms with van der Waals surface area (Å²) in [5.41, 5.74) is 9.02. The Balaban J connectivity index is -0.0000000457. The first-order valence-corrected chi connectivity index (χ1v) is 2.34. The third kappa shape index (κ3) is 56.8. The van der Waals surface area contributed by atoms with Gasteiger partial charge < -0.3 is 37.4 Å². The first-order valence-electron chi connectivity index (χ1n) is 2.34. The number of carbonyl (C=O) groups is 2. The van der Waals surface area contributed by atoms with Crippen LogP contribution in [0.3, 0.4) is 0 Å². The van der Waals surface area contributed by atoms with Gasteiger partial charge in [-0.25, -0.2) is 0 Å². The van der Waals surface area contributed by atoms with Crippen LogP contribution >= 0.6 is 0 Å². The van der Waals surface area contributed by atoms with Crippen molar-refractivity contribution in [1.82, 2.24) is 6.15 Å². The Morgan fingerprint density at radius 2 is 1.08 bits per heavy atom. The molecule has 7 N–H and O–H groups in total. The van der Waals surface area contributed by atoms with Crippen LogP contribution in [0.25, 0.3) is 0 Å². The van der Waals surface area contributed by atoms with Crippen LogP contribution in [0.4, 0.5) is 0 Å². The second-order valence-electron chi connectivity index (χ2n) is 1.15. The molecule has 0 aliphatic carbocycles. The van der Waals surface area contributed by atoms with E-state index in [1.807, 2.05) is 0 Å². The van der Waals surface area contributed by atoms with Crippen molar-refractivity contribution < 1.29 is 39.3 Å². The third-order valence-corrected chi connectivity index (χ3v) is 0.333. The molecule has 0 aromatic heterocycles. The van der Waals surface area contributed by atoms with Gasteiger partial charge in [0, 0.05) is 13.1 Å². The number of hydrogen-bond donors (Lipinski definition) is 3. The largest absolute Gasteiger partial charge is 2.00 e. The van der Waals surface area contributed by atoms with Crippen LogP contribution < -0.4 is 27.8 Å². The van der Waals surface area contributed by atoms with E-state index in [2.05, 4.69) is 11.5 Å². The van der Waals surface area contributed by atoms with Crippen molar-refractivity contribution in [2.75, 3.05) is 13.1 Å². The van der Waals surface area contributed by atoms with Crippen LogP contribution in [0.2, 0.25) is 0 Å². The van der Waals surface area contributed by atoms with E-state index >= 15 is 0 Å². The van der Waals surface area contributed by atoms with E-state index in [9.17, 15) is 0 Å². The zero-order valence-electron chi connectivity index (χ0n) is 6.62. The molecule has 0 bridgehead atoms. The Labute approximate surface area is 82.5 Å². The van der Waals surface area contributed by atoms with E-state index in [1.54, 1.807) is 0 Å². The summed E-state index contributed by atoms with van der Waals surface area (Å²) in [5.74, 6) is -2.44. The van der Waals surface area contributed by atoms with Crippen LogP contribution in [0.15, 0.2) is 0 Å². The topological polar surface area (TPSA) is 167 Å². The summed E-state index contributed by atoms with van der Waals surface area (Å²) in [7, 11) is 0. The Kier molecular flexibility index (Phi) is 31.6. The van der Waals surface area contributed by atoms with Crippen LogP contribution in [-0.2, 0) is 29.1 Å². The number of carboxylic acid groups (broad SMARTS) is 2. The number of nitrogens with two attached hydrogens (primary N) is 2. The summed E-state index contributed by atoms with van der Waals surface area (Å²) in [6.07, 6.45) is 0. The van der Waals surface area contributed by atoms with E-state index in [0.29, 0.717) is 0 Å². The molecule has 8 heteroatoms. The summed E-state index contributed by atoms with van der Waals surface area (Å²) in [4.78, 5) is 18.3. The predicted molar refractivity (Wildman–Crippen MR) is 33.1 cm³/mol. The van der Waals surface area contributed by atoms with Gasteiger partial charge >= 0.3 is 19.5 Å². The normalized spacial score (nSPS) is 6.17. The molecule has 0 heterocycles. The zero-order chi connectivity index (χ0) is 8.57. The Morgan fingerprint density at radius 1 is 1.00 bits per heavy atom.